The molecule has 5 heteroatoms. The summed E-state index contributed by atoms with van der Waals surface area (Å²) >= 11 is 0. The van der Waals surface area contributed by atoms with E-state index < -0.39 is 0 Å². The van der Waals surface area contributed by atoms with Gasteiger partial charge in [-0.3, -0.25) is 14.5 Å². The van der Waals surface area contributed by atoms with Gasteiger partial charge in [0.15, 0.2) is 0 Å². The molecule has 2 amide bonds. The summed E-state index contributed by atoms with van der Waals surface area (Å²) in [6.07, 6.45) is 12.3. The highest BCUT2D eigenvalue weighted by molar-refractivity contribution is 5.84. The van der Waals surface area contributed by atoms with Crippen molar-refractivity contribution >= 4 is 11.8 Å². The molecule has 5 nitrogen and oxygen atoms in total. The van der Waals surface area contributed by atoms with Gasteiger partial charge in [0.2, 0.25) is 11.8 Å². The van der Waals surface area contributed by atoms with Crippen LogP contribution in [0.25, 0.3) is 0 Å². The maximum Gasteiger partial charge on any atom is 0.239 e. The number of likely N-dealkylation sites (tertiary alicyclic amines) is 2. The first-order valence-electron chi connectivity index (χ1n) is 11.0. The molecule has 0 aromatic rings. The van der Waals surface area contributed by atoms with E-state index in [2.05, 4.69) is 17.1 Å². The van der Waals surface area contributed by atoms with E-state index in [1.165, 1.54) is 25.7 Å². The number of nitrogens with zero attached hydrogens (tertiary/aromatic N) is 2. The van der Waals surface area contributed by atoms with Crippen LogP contribution in [0.4, 0.5) is 0 Å². The molecule has 1 saturated carbocycles. The van der Waals surface area contributed by atoms with Crippen LogP contribution in [0.3, 0.4) is 0 Å². The largest absolute Gasteiger partial charge is 0.353 e. The molecule has 3 fully saturated rings. The van der Waals surface area contributed by atoms with Gasteiger partial charge in [-0.1, -0.05) is 32.6 Å². The summed E-state index contributed by atoms with van der Waals surface area (Å²) in [7, 11) is 0. The Hall–Kier alpha value is -1.10. The van der Waals surface area contributed by atoms with Gasteiger partial charge in [0.05, 0.1) is 12.0 Å². The normalized spacial score (nSPS) is 28.7. The number of amides is 2. The molecule has 148 valence electrons. The summed E-state index contributed by atoms with van der Waals surface area (Å²) in [4.78, 5) is 30.2. The molecule has 0 aromatic heterocycles. The molecule has 0 spiro atoms. The second-order valence-electron chi connectivity index (χ2n) is 8.51. The highest BCUT2D eigenvalue weighted by Crippen LogP contribution is 2.24. The Balaban J connectivity index is 1.54. The third-order valence-electron chi connectivity index (χ3n) is 6.46. The van der Waals surface area contributed by atoms with Crippen LogP contribution in [0, 0.1) is 5.92 Å². The third kappa shape index (κ3) is 4.99. The summed E-state index contributed by atoms with van der Waals surface area (Å²) in [5, 5.41) is 3.27. The van der Waals surface area contributed by atoms with Crippen molar-refractivity contribution in [3.8, 4) is 0 Å². The summed E-state index contributed by atoms with van der Waals surface area (Å²) in [6.45, 7) is 5.68. The van der Waals surface area contributed by atoms with Gasteiger partial charge in [-0.15, -0.1) is 0 Å². The highest BCUT2D eigenvalue weighted by Gasteiger charge is 2.35. The van der Waals surface area contributed by atoms with E-state index in [0.29, 0.717) is 12.6 Å². The van der Waals surface area contributed by atoms with Crippen LogP contribution in [0.2, 0.25) is 0 Å². The second kappa shape index (κ2) is 9.72. The maximum absolute atomic E-state index is 13.1. The molecular formula is C21H37N3O2. The van der Waals surface area contributed by atoms with E-state index in [9.17, 15) is 9.59 Å². The van der Waals surface area contributed by atoms with Crippen molar-refractivity contribution in [2.45, 2.75) is 89.6 Å². The van der Waals surface area contributed by atoms with Gasteiger partial charge in [-0.25, -0.2) is 0 Å². The number of rotatable bonds is 5. The Morgan fingerprint density at radius 3 is 2.46 bits per heavy atom. The van der Waals surface area contributed by atoms with Gasteiger partial charge >= 0.3 is 0 Å². The molecule has 2 atom stereocenters. The van der Waals surface area contributed by atoms with E-state index in [1.807, 2.05) is 4.90 Å². The Kier molecular flexibility index (Phi) is 7.35. The minimum Gasteiger partial charge on any atom is -0.353 e. The molecule has 2 unspecified atom stereocenters. The van der Waals surface area contributed by atoms with E-state index >= 15 is 0 Å². The number of carbonyl (C=O) groups is 2. The molecule has 0 radical (unpaired) electrons. The van der Waals surface area contributed by atoms with Crippen LogP contribution < -0.4 is 5.32 Å². The first-order chi connectivity index (χ1) is 12.7. The summed E-state index contributed by atoms with van der Waals surface area (Å²) in [5.41, 5.74) is 0. The summed E-state index contributed by atoms with van der Waals surface area (Å²) in [6, 6.07) is 0.407. The third-order valence-corrected chi connectivity index (χ3v) is 6.46. The molecule has 2 aliphatic heterocycles. The SMILES string of the molecule is CCCN1CCCCC1C(=O)N1CCCC(C(=O)NC2CCCCC2)C1. The minimum absolute atomic E-state index is 0.0159. The molecule has 1 N–H and O–H groups in total. The number of nitrogens with one attached hydrogen (secondary N) is 1. The molecule has 0 aromatic carbocycles. The lowest BCUT2D eigenvalue weighted by atomic mass is 9.92. The van der Waals surface area contributed by atoms with Gasteiger partial charge < -0.3 is 10.2 Å². The molecule has 26 heavy (non-hydrogen) atoms. The predicted molar refractivity (Wildman–Crippen MR) is 104 cm³/mol. The standard InChI is InChI=1S/C21H37N3O2/c1-2-13-23-14-7-6-12-19(23)21(26)24-15-8-9-17(16-24)20(25)22-18-10-4-3-5-11-18/h17-19H,2-16H2,1H3,(H,22,25). The van der Waals surface area contributed by atoms with Crippen molar-refractivity contribution in [2.75, 3.05) is 26.2 Å². The van der Waals surface area contributed by atoms with Crippen molar-refractivity contribution in [1.29, 1.82) is 0 Å². The number of carbonyl (C=O) groups excluding carboxylic acids is 2. The van der Waals surface area contributed by atoms with Gasteiger partial charge in [0.25, 0.3) is 0 Å². The van der Waals surface area contributed by atoms with Crippen molar-refractivity contribution in [3.63, 3.8) is 0 Å². The average Bonchev–Trinajstić information content (AvgIpc) is 2.69. The Labute approximate surface area is 158 Å². The molecule has 1 aliphatic carbocycles. The summed E-state index contributed by atoms with van der Waals surface area (Å²) < 4.78 is 0. The van der Waals surface area contributed by atoms with Crippen LogP contribution in [0.15, 0.2) is 0 Å². The zero-order chi connectivity index (χ0) is 18.4. The van der Waals surface area contributed by atoms with Crippen LogP contribution in [-0.4, -0.2) is 59.9 Å². The molecule has 3 rings (SSSR count). The number of hydrogen-bond acceptors (Lipinski definition) is 3. The van der Waals surface area contributed by atoms with Gasteiger partial charge in [-0.2, -0.15) is 0 Å². The fraction of sp³-hybridized carbons (Fsp3) is 0.905. The first-order valence-corrected chi connectivity index (χ1v) is 11.0. The van der Waals surface area contributed by atoms with Gasteiger partial charge in [-0.05, 0) is 58.0 Å². The van der Waals surface area contributed by atoms with Crippen molar-refractivity contribution < 1.29 is 9.59 Å². The monoisotopic (exact) mass is 363 g/mol. The minimum atomic E-state index is -0.0159. The zero-order valence-corrected chi connectivity index (χ0v) is 16.5. The van der Waals surface area contributed by atoms with Crippen LogP contribution in [0.1, 0.15) is 77.6 Å². The molecule has 0 bridgehead atoms. The highest BCUT2D eigenvalue weighted by atomic mass is 16.2. The van der Waals surface area contributed by atoms with Crippen molar-refractivity contribution in [3.05, 3.63) is 0 Å². The number of piperidine rings is 2. The Bertz CT molecular complexity index is 474. The predicted octanol–water partition coefficient (Wildman–Crippen LogP) is 2.94. The van der Waals surface area contributed by atoms with Crippen molar-refractivity contribution in [1.82, 2.24) is 15.1 Å². The van der Waals surface area contributed by atoms with Gasteiger partial charge in [0.1, 0.15) is 0 Å². The fourth-order valence-corrected chi connectivity index (χ4v) is 4.99. The molecule has 2 saturated heterocycles. The van der Waals surface area contributed by atoms with E-state index in [-0.39, 0.29) is 23.8 Å². The Morgan fingerprint density at radius 1 is 0.923 bits per heavy atom. The zero-order valence-electron chi connectivity index (χ0n) is 16.5. The average molecular weight is 364 g/mol. The topological polar surface area (TPSA) is 52.7 Å². The lowest BCUT2D eigenvalue weighted by Crippen LogP contribution is -2.54. The van der Waals surface area contributed by atoms with Crippen LogP contribution >= 0.6 is 0 Å². The van der Waals surface area contributed by atoms with E-state index in [1.54, 1.807) is 0 Å². The van der Waals surface area contributed by atoms with E-state index in [0.717, 1.165) is 64.6 Å². The fourth-order valence-electron chi connectivity index (χ4n) is 4.99. The quantitative estimate of drug-likeness (QED) is 0.817. The maximum atomic E-state index is 13.1. The smallest absolute Gasteiger partial charge is 0.239 e. The lowest BCUT2D eigenvalue weighted by molar-refractivity contribution is -0.141. The molecular weight excluding hydrogens is 326 g/mol. The lowest BCUT2D eigenvalue weighted by Gasteiger charge is -2.40. The van der Waals surface area contributed by atoms with Crippen LogP contribution in [-0.2, 0) is 9.59 Å². The number of hydrogen-bond donors (Lipinski definition) is 1. The van der Waals surface area contributed by atoms with E-state index in [4.69, 9.17) is 0 Å². The Morgan fingerprint density at radius 2 is 1.69 bits per heavy atom. The molecule has 2 heterocycles. The molecule has 3 aliphatic rings. The van der Waals surface area contributed by atoms with Crippen LogP contribution in [0.5, 0.6) is 0 Å². The van der Waals surface area contributed by atoms with Crippen molar-refractivity contribution in [2.24, 2.45) is 5.92 Å². The second-order valence-corrected chi connectivity index (χ2v) is 8.51. The van der Waals surface area contributed by atoms with Gasteiger partial charge in [0, 0.05) is 19.1 Å². The summed E-state index contributed by atoms with van der Waals surface area (Å²) in [5.74, 6) is 0.439. The first kappa shape index (κ1) is 19.7.